The average molecular weight is 564 g/mol. The van der Waals surface area contributed by atoms with Crippen LogP contribution in [0.2, 0.25) is 0 Å². The second-order valence-corrected chi connectivity index (χ2v) is 11.0. The Balaban J connectivity index is 1.22. The van der Waals surface area contributed by atoms with E-state index in [0.717, 1.165) is 50.1 Å². The molecule has 7 aromatic carbocycles. The lowest BCUT2D eigenvalue weighted by Gasteiger charge is -2.26. The summed E-state index contributed by atoms with van der Waals surface area (Å²) < 4.78 is 6.10. The third kappa shape index (κ3) is 4.83. The number of furan rings is 1. The molecule has 0 aliphatic rings. The number of fused-ring (bicyclic) bond motifs is 3. The molecule has 44 heavy (non-hydrogen) atoms. The van der Waals surface area contributed by atoms with Crippen LogP contribution in [0.1, 0.15) is 0 Å². The molecule has 208 valence electrons. The quantitative estimate of drug-likeness (QED) is 0.200. The van der Waals surface area contributed by atoms with Crippen molar-refractivity contribution in [2.45, 2.75) is 0 Å². The van der Waals surface area contributed by atoms with E-state index in [4.69, 9.17) is 4.42 Å². The molecule has 0 aliphatic carbocycles. The van der Waals surface area contributed by atoms with E-state index in [0.29, 0.717) is 0 Å². The van der Waals surface area contributed by atoms with E-state index in [1.54, 1.807) is 0 Å². The van der Waals surface area contributed by atoms with Crippen molar-refractivity contribution in [2.75, 3.05) is 4.90 Å². The highest BCUT2D eigenvalue weighted by molar-refractivity contribution is 6.06. The molecule has 1 heterocycles. The van der Waals surface area contributed by atoms with Gasteiger partial charge in [-0.3, -0.25) is 0 Å². The molecule has 2 nitrogen and oxygen atoms in total. The van der Waals surface area contributed by atoms with Crippen LogP contribution >= 0.6 is 0 Å². The highest BCUT2D eigenvalue weighted by Gasteiger charge is 2.15. The Labute approximate surface area is 257 Å². The van der Waals surface area contributed by atoms with Crippen molar-refractivity contribution in [3.63, 3.8) is 0 Å². The van der Waals surface area contributed by atoms with Gasteiger partial charge in [0.1, 0.15) is 11.2 Å². The molecule has 0 N–H and O–H groups in total. The SMILES string of the molecule is c1ccc(-c2ccc(N(c3ccc(-c4ccccc4)cc3)c3cccc(-c4ccc5oc6ccccc6c5c4)c3)cc2)cc1. The van der Waals surface area contributed by atoms with Crippen LogP contribution in [0, 0.1) is 0 Å². The molecule has 0 aliphatic heterocycles. The van der Waals surface area contributed by atoms with E-state index >= 15 is 0 Å². The average Bonchev–Trinajstić information content (AvgIpc) is 3.48. The van der Waals surface area contributed by atoms with Crippen molar-refractivity contribution < 1.29 is 4.42 Å². The van der Waals surface area contributed by atoms with Gasteiger partial charge in [-0.2, -0.15) is 0 Å². The largest absolute Gasteiger partial charge is 0.456 e. The number of benzene rings is 7. The zero-order valence-electron chi connectivity index (χ0n) is 24.1. The van der Waals surface area contributed by atoms with E-state index < -0.39 is 0 Å². The van der Waals surface area contributed by atoms with Crippen LogP contribution in [0.4, 0.5) is 17.1 Å². The highest BCUT2D eigenvalue weighted by atomic mass is 16.3. The maximum atomic E-state index is 6.10. The second kappa shape index (κ2) is 11.1. The predicted octanol–water partition coefficient (Wildman–Crippen LogP) is 12.1. The normalized spacial score (nSPS) is 11.2. The monoisotopic (exact) mass is 563 g/mol. The van der Waals surface area contributed by atoms with Crippen molar-refractivity contribution in [1.82, 2.24) is 0 Å². The summed E-state index contributed by atoms with van der Waals surface area (Å²) in [6.45, 7) is 0. The summed E-state index contributed by atoms with van der Waals surface area (Å²) in [5, 5.41) is 2.27. The minimum atomic E-state index is 0.907. The first-order valence-corrected chi connectivity index (χ1v) is 14.9. The Morgan fingerprint density at radius 2 is 0.773 bits per heavy atom. The lowest BCUT2D eigenvalue weighted by molar-refractivity contribution is 0.669. The second-order valence-electron chi connectivity index (χ2n) is 11.0. The summed E-state index contributed by atoms with van der Waals surface area (Å²) >= 11 is 0. The lowest BCUT2D eigenvalue weighted by Crippen LogP contribution is -2.10. The number of hydrogen-bond donors (Lipinski definition) is 0. The first-order chi connectivity index (χ1) is 21.8. The van der Waals surface area contributed by atoms with Gasteiger partial charge >= 0.3 is 0 Å². The fourth-order valence-corrected chi connectivity index (χ4v) is 6.04. The van der Waals surface area contributed by atoms with Gasteiger partial charge in [0.2, 0.25) is 0 Å². The molecule has 0 bridgehead atoms. The molecule has 2 heteroatoms. The summed E-state index contributed by atoms with van der Waals surface area (Å²) in [6.07, 6.45) is 0. The van der Waals surface area contributed by atoms with Gasteiger partial charge in [0, 0.05) is 27.8 Å². The van der Waals surface area contributed by atoms with Crippen LogP contribution in [0.25, 0.3) is 55.3 Å². The molecule has 0 atom stereocenters. The Morgan fingerprint density at radius 1 is 0.295 bits per heavy atom. The molecule has 0 unspecified atom stereocenters. The van der Waals surface area contributed by atoms with Crippen LogP contribution < -0.4 is 4.90 Å². The number of para-hydroxylation sites is 1. The lowest BCUT2D eigenvalue weighted by atomic mass is 10.0. The van der Waals surface area contributed by atoms with Crippen molar-refractivity contribution in [2.24, 2.45) is 0 Å². The molecular formula is C42H29NO. The molecule has 8 rings (SSSR count). The number of nitrogens with zero attached hydrogens (tertiary/aromatic N) is 1. The van der Waals surface area contributed by atoms with Gasteiger partial charge in [0.25, 0.3) is 0 Å². The summed E-state index contributed by atoms with van der Waals surface area (Å²) in [6, 6.07) is 62.2. The standard InChI is InChI=1S/C42H29NO/c1-3-10-30(11-4-1)32-18-23-36(24-19-32)43(37-25-20-33(21-26-37)31-12-5-2-6-13-31)38-15-9-14-34(28-38)35-22-27-42-40(29-35)39-16-7-8-17-41(39)44-42/h1-29H. The number of anilines is 3. The van der Waals surface area contributed by atoms with Crippen LogP contribution in [-0.4, -0.2) is 0 Å². The van der Waals surface area contributed by atoms with Gasteiger partial charge in [0.15, 0.2) is 0 Å². The van der Waals surface area contributed by atoms with Gasteiger partial charge in [0.05, 0.1) is 0 Å². The van der Waals surface area contributed by atoms with Crippen LogP contribution in [0.3, 0.4) is 0 Å². The van der Waals surface area contributed by atoms with Crippen LogP contribution in [-0.2, 0) is 0 Å². The molecule has 0 fully saturated rings. The predicted molar refractivity (Wildman–Crippen MR) is 185 cm³/mol. The van der Waals surface area contributed by atoms with Crippen LogP contribution in [0.5, 0.6) is 0 Å². The van der Waals surface area contributed by atoms with E-state index in [1.807, 2.05) is 12.1 Å². The Hall–Kier alpha value is -5.86. The molecule has 0 saturated heterocycles. The maximum absolute atomic E-state index is 6.10. The Bertz CT molecular complexity index is 2110. The fourth-order valence-electron chi connectivity index (χ4n) is 6.04. The first-order valence-electron chi connectivity index (χ1n) is 14.9. The summed E-state index contributed by atoms with van der Waals surface area (Å²) in [4.78, 5) is 2.33. The van der Waals surface area contributed by atoms with Gasteiger partial charge in [-0.1, -0.05) is 121 Å². The molecule has 0 spiro atoms. The zero-order chi connectivity index (χ0) is 29.3. The molecule has 0 radical (unpaired) electrons. The molecular weight excluding hydrogens is 534 g/mol. The van der Waals surface area contributed by atoms with Crippen molar-refractivity contribution >= 4 is 39.0 Å². The smallest absolute Gasteiger partial charge is 0.135 e. The van der Waals surface area contributed by atoms with Crippen molar-refractivity contribution in [1.29, 1.82) is 0 Å². The van der Waals surface area contributed by atoms with Gasteiger partial charge in [-0.05, 0) is 88.0 Å². The van der Waals surface area contributed by atoms with Crippen molar-refractivity contribution in [3.8, 4) is 33.4 Å². The highest BCUT2D eigenvalue weighted by Crippen LogP contribution is 2.39. The minimum absolute atomic E-state index is 0.907. The molecule has 1 aromatic heterocycles. The van der Waals surface area contributed by atoms with Gasteiger partial charge in [-0.25, -0.2) is 0 Å². The zero-order valence-corrected chi connectivity index (χ0v) is 24.1. The number of rotatable bonds is 6. The van der Waals surface area contributed by atoms with Crippen LogP contribution in [0.15, 0.2) is 180 Å². The summed E-state index contributed by atoms with van der Waals surface area (Å²) in [7, 11) is 0. The fraction of sp³-hybridized carbons (Fsp3) is 0. The summed E-state index contributed by atoms with van der Waals surface area (Å²) in [5.41, 5.74) is 12.2. The van der Waals surface area contributed by atoms with E-state index in [9.17, 15) is 0 Å². The third-order valence-corrected chi connectivity index (χ3v) is 8.28. The molecule has 0 amide bonds. The third-order valence-electron chi connectivity index (χ3n) is 8.28. The summed E-state index contributed by atoms with van der Waals surface area (Å²) in [5.74, 6) is 0. The number of hydrogen-bond acceptors (Lipinski definition) is 2. The van der Waals surface area contributed by atoms with Gasteiger partial charge < -0.3 is 9.32 Å². The Kier molecular flexibility index (Phi) is 6.51. The molecule has 8 aromatic rings. The van der Waals surface area contributed by atoms with E-state index in [2.05, 4.69) is 169 Å². The topological polar surface area (TPSA) is 16.4 Å². The molecule has 0 saturated carbocycles. The maximum Gasteiger partial charge on any atom is 0.135 e. The van der Waals surface area contributed by atoms with Gasteiger partial charge in [-0.15, -0.1) is 0 Å². The Morgan fingerprint density at radius 3 is 1.41 bits per heavy atom. The van der Waals surface area contributed by atoms with Crippen molar-refractivity contribution in [3.05, 3.63) is 176 Å². The first kappa shape index (κ1) is 25.8. The minimum Gasteiger partial charge on any atom is -0.456 e. The van der Waals surface area contributed by atoms with E-state index in [1.165, 1.54) is 22.3 Å². The van der Waals surface area contributed by atoms with E-state index in [-0.39, 0.29) is 0 Å².